The van der Waals surface area contributed by atoms with Crippen LogP contribution in [0.15, 0.2) is 24.3 Å². The molecular weight excluding hydrogens is 268 g/mol. The molecule has 0 aromatic heterocycles. The Morgan fingerprint density at radius 2 is 2.14 bits per heavy atom. The van der Waals surface area contributed by atoms with Crippen LogP contribution in [0.3, 0.4) is 0 Å². The number of hydrogen-bond acceptors (Lipinski definition) is 3. The first-order valence-electron chi connectivity index (χ1n) is 6.88. The van der Waals surface area contributed by atoms with Gasteiger partial charge in [-0.2, -0.15) is 0 Å². The Morgan fingerprint density at radius 1 is 1.43 bits per heavy atom. The van der Waals surface area contributed by atoms with Crippen LogP contribution in [-0.4, -0.2) is 30.1 Å². The molecule has 1 fully saturated rings. The molecule has 1 aliphatic rings. The topological polar surface area (TPSA) is 83.6 Å². The fourth-order valence-corrected chi connectivity index (χ4v) is 2.67. The number of nitrogens with zero attached hydrogens (tertiary/aromatic N) is 1. The maximum Gasteiger partial charge on any atom is 0.328 e. The van der Waals surface area contributed by atoms with E-state index in [1.54, 1.807) is 6.08 Å². The zero-order chi connectivity index (χ0) is 15.6. The molecule has 1 atom stereocenters. The summed E-state index contributed by atoms with van der Waals surface area (Å²) in [7, 11) is 0. The zero-order valence-corrected chi connectivity index (χ0v) is 12.3. The molecule has 0 aliphatic carbocycles. The third-order valence-electron chi connectivity index (χ3n) is 4.05. The van der Waals surface area contributed by atoms with Gasteiger partial charge in [0, 0.05) is 24.9 Å². The molecule has 0 saturated carbocycles. The Bertz CT molecular complexity index is 610. The monoisotopic (exact) mass is 288 g/mol. The van der Waals surface area contributed by atoms with Gasteiger partial charge in [0.1, 0.15) is 0 Å². The summed E-state index contributed by atoms with van der Waals surface area (Å²) in [5.74, 6) is -1.22. The minimum atomic E-state index is -0.964. The van der Waals surface area contributed by atoms with Crippen molar-refractivity contribution < 1.29 is 14.7 Å². The van der Waals surface area contributed by atoms with Crippen molar-refractivity contribution in [3.8, 4) is 0 Å². The van der Waals surface area contributed by atoms with E-state index in [0.717, 1.165) is 35.9 Å². The van der Waals surface area contributed by atoms with Crippen LogP contribution < -0.4 is 10.6 Å². The average molecular weight is 288 g/mol. The first-order valence-corrected chi connectivity index (χ1v) is 6.88. The van der Waals surface area contributed by atoms with E-state index in [0.29, 0.717) is 6.54 Å². The standard InChI is InChI=1S/C16H20N2O3/c1-11-9-12(4-6-14(19)20)3-5-13(11)18-8-7-16(2,10-18)15(17)21/h3-6,9H,7-8,10H2,1-2H3,(H2,17,21)(H,19,20)/b6-4+. The lowest BCUT2D eigenvalue weighted by atomic mass is 9.89. The lowest BCUT2D eigenvalue weighted by Crippen LogP contribution is -2.37. The van der Waals surface area contributed by atoms with Crippen LogP contribution in [0.5, 0.6) is 0 Å². The summed E-state index contributed by atoms with van der Waals surface area (Å²) in [5.41, 5.74) is 7.95. The zero-order valence-electron chi connectivity index (χ0n) is 12.3. The van der Waals surface area contributed by atoms with Crippen molar-refractivity contribution in [2.24, 2.45) is 11.1 Å². The van der Waals surface area contributed by atoms with Crippen molar-refractivity contribution in [3.63, 3.8) is 0 Å². The number of primary amides is 1. The number of carbonyl (C=O) groups excluding carboxylic acids is 1. The lowest BCUT2D eigenvalue weighted by Gasteiger charge is -2.24. The Hall–Kier alpha value is -2.30. The predicted octanol–water partition coefficient (Wildman–Crippen LogP) is 1.79. The lowest BCUT2D eigenvalue weighted by molar-refractivity contribution is -0.131. The molecule has 1 aliphatic heterocycles. The highest BCUT2D eigenvalue weighted by Gasteiger charge is 2.39. The van der Waals surface area contributed by atoms with Crippen LogP contribution in [0.25, 0.3) is 6.08 Å². The fraction of sp³-hybridized carbons (Fsp3) is 0.375. The van der Waals surface area contributed by atoms with Gasteiger partial charge in [-0.3, -0.25) is 4.79 Å². The summed E-state index contributed by atoms with van der Waals surface area (Å²) in [4.78, 5) is 24.2. The van der Waals surface area contributed by atoms with E-state index in [4.69, 9.17) is 10.8 Å². The first kappa shape index (κ1) is 15.1. The van der Waals surface area contributed by atoms with E-state index in [2.05, 4.69) is 4.90 Å². The van der Waals surface area contributed by atoms with E-state index in [9.17, 15) is 9.59 Å². The SMILES string of the molecule is Cc1cc(/C=C/C(=O)O)ccc1N1CCC(C)(C(N)=O)C1. The van der Waals surface area contributed by atoms with Gasteiger partial charge in [0.25, 0.3) is 0 Å². The predicted molar refractivity (Wildman–Crippen MR) is 82.0 cm³/mol. The molecule has 1 amide bonds. The molecule has 3 N–H and O–H groups in total. The number of rotatable bonds is 4. The van der Waals surface area contributed by atoms with Gasteiger partial charge in [0.15, 0.2) is 0 Å². The van der Waals surface area contributed by atoms with Crippen LogP contribution >= 0.6 is 0 Å². The number of anilines is 1. The van der Waals surface area contributed by atoms with Crippen LogP contribution in [0.4, 0.5) is 5.69 Å². The number of carbonyl (C=O) groups is 2. The maximum atomic E-state index is 11.5. The van der Waals surface area contributed by atoms with Gasteiger partial charge in [-0.25, -0.2) is 4.79 Å². The number of carboxylic acids is 1. The third kappa shape index (κ3) is 3.24. The van der Waals surface area contributed by atoms with Gasteiger partial charge >= 0.3 is 5.97 Å². The highest BCUT2D eigenvalue weighted by molar-refractivity contribution is 5.85. The van der Waals surface area contributed by atoms with Crippen molar-refractivity contribution in [1.29, 1.82) is 0 Å². The summed E-state index contributed by atoms with van der Waals surface area (Å²) < 4.78 is 0. The molecule has 1 aromatic carbocycles. The molecule has 5 heteroatoms. The smallest absolute Gasteiger partial charge is 0.328 e. The number of hydrogen-bond donors (Lipinski definition) is 2. The van der Waals surface area contributed by atoms with E-state index in [1.165, 1.54) is 0 Å². The number of amides is 1. The second-order valence-electron chi connectivity index (χ2n) is 5.81. The molecule has 1 unspecified atom stereocenters. The highest BCUT2D eigenvalue weighted by atomic mass is 16.4. The second-order valence-corrected chi connectivity index (χ2v) is 5.81. The van der Waals surface area contributed by atoms with Crippen molar-refractivity contribution in [2.75, 3.05) is 18.0 Å². The Kier molecular flexibility index (Phi) is 4.02. The number of carboxylic acid groups (broad SMARTS) is 1. The van der Waals surface area contributed by atoms with Crippen LogP contribution in [0.2, 0.25) is 0 Å². The number of aliphatic carboxylic acids is 1. The van der Waals surface area contributed by atoms with E-state index in [-0.39, 0.29) is 5.91 Å². The van der Waals surface area contributed by atoms with Gasteiger partial charge in [0.05, 0.1) is 5.41 Å². The fourth-order valence-electron chi connectivity index (χ4n) is 2.67. The third-order valence-corrected chi connectivity index (χ3v) is 4.05. The molecule has 1 aromatic rings. The quantitative estimate of drug-likeness (QED) is 0.827. The van der Waals surface area contributed by atoms with E-state index >= 15 is 0 Å². The molecule has 5 nitrogen and oxygen atoms in total. The van der Waals surface area contributed by atoms with Crippen LogP contribution in [-0.2, 0) is 9.59 Å². The maximum absolute atomic E-state index is 11.5. The summed E-state index contributed by atoms with van der Waals surface area (Å²) >= 11 is 0. The van der Waals surface area contributed by atoms with Crippen LogP contribution in [0, 0.1) is 12.3 Å². The molecule has 2 rings (SSSR count). The average Bonchev–Trinajstić information content (AvgIpc) is 2.80. The van der Waals surface area contributed by atoms with Gasteiger partial charge in [-0.15, -0.1) is 0 Å². The van der Waals surface area contributed by atoms with E-state index in [1.807, 2.05) is 32.0 Å². The molecular formula is C16H20N2O3. The number of aryl methyl sites for hydroxylation is 1. The summed E-state index contributed by atoms with van der Waals surface area (Å²) in [6.07, 6.45) is 3.44. The summed E-state index contributed by atoms with van der Waals surface area (Å²) in [6, 6.07) is 5.78. The molecule has 21 heavy (non-hydrogen) atoms. The first-order chi connectivity index (χ1) is 9.82. The molecule has 112 valence electrons. The minimum absolute atomic E-state index is 0.260. The van der Waals surface area contributed by atoms with Crippen molar-refractivity contribution in [3.05, 3.63) is 35.4 Å². The summed E-state index contributed by atoms with van der Waals surface area (Å²) in [6.45, 7) is 5.29. The largest absolute Gasteiger partial charge is 0.478 e. The molecule has 0 bridgehead atoms. The Morgan fingerprint density at radius 3 is 2.67 bits per heavy atom. The van der Waals surface area contributed by atoms with Gasteiger partial charge in [-0.05, 0) is 49.6 Å². The molecule has 0 radical (unpaired) electrons. The van der Waals surface area contributed by atoms with Crippen LogP contribution in [0.1, 0.15) is 24.5 Å². The minimum Gasteiger partial charge on any atom is -0.478 e. The number of nitrogens with two attached hydrogens (primary N) is 1. The highest BCUT2D eigenvalue weighted by Crippen LogP contribution is 2.34. The summed E-state index contributed by atoms with van der Waals surface area (Å²) in [5, 5.41) is 8.64. The number of benzene rings is 1. The molecule has 1 saturated heterocycles. The second kappa shape index (κ2) is 5.60. The normalized spacial score (nSPS) is 21.9. The van der Waals surface area contributed by atoms with E-state index < -0.39 is 11.4 Å². The van der Waals surface area contributed by atoms with Gasteiger partial charge in [0.2, 0.25) is 5.91 Å². The molecule has 0 spiro atoms. The van der Waals surface area contributed by atoms with Gasteiger partial charge in [-0.1, -0.05) is 6.07 Å². The van der Waals surface area contributed by atoms with Crippen molar-refractivity contribution in [1.82, 2.24) is 0 Å². The Balaban J connectivity index is 2.19. The van der Waals surface area contributed by atoms with Crippen molar-refractivity contribution >= 4 is 23.6 Å². The Labute approximate surface area is 124 Å². The van der Waals surface area contributed by atoms with Gasteiger partial charge < -0.3 is 15.7 Å². The molecule has 1 heterocycles. The van der Waals surface area contributed by atoms with Crippen molar-refractivity contribution in [2.45, 2.75) is 20.3 Å².